The number of hydrogen-bond acceptors (Lipinski definition) is 3. The molecule has 0 amide bonds. The fourth-order valence-electron chi connectivity index (χ4n) is 1.84. The van der Waals surface area contributed by atoms with Gasteiger partial charge in [0.25, 0.3) is 0 Å². The molecule has 1 aromatic rings. The Balaban J connectivity index is 2.96. The number of benzene rings is 1. The molecule has 0 bridgehead atoms. The maximum Gasteiger partial charge on any atom is 0.573 e. The molecule has 0 aliphatic carbocycles. The van der Waals surface area contributed by atoms with Crippen molar-refractivity contribution in [2.24, 2.45) is 17.7 Å². The van der Waals surface area contributed by atoms with Crippen LogP contribution in [0.1, 0.15) is 32.4 Å². The Kier molecular flexibility index (Phi) is 5.20. The van der Waals surface area contributed by atoms with Crippen molar-refractivity contribution in [3.63, 3.8) is 0 Å². The van der Waals surface area contributed by atoms with Crippen LogP contribution in [-0.2, 0) is 0 Å². The lowest BCUT2D eigenvalue weighted by Crippen LogP contribution is -2.34. The molecule has 0 aliphatic heterocycles. The van der Waals surface area contributed by atoms with Crippen molar-refractivity contribution in [2.75, 3.05) is 0 Å². The molecule has 3 nitrogen and oxygen atoms in total. The number of hydrogen-bond donors (Lipinski definition) is 2. The van der Waals surface area contributed by atoms with E-state index in [4.69, 9.17) is 5.84 Å². The molecule has 1 rings (SSSR count). The van der Waals surface area contributed by atoms with Gasteiger partial charge in [-0.05, 0) is 29.5 Å². The zero-order valence-corrected chi connectivity index (χ0v) is 11.2. The van der Waals surface area contributed by atoms with Gasteiger partial charge in [0.15, 0.2) is 0 Å². The van der Waals surface area contributed by atoms with Crippen molar-refractivity contribution in [1.29, 1.82) is 0 Å². The van der Waals surface area contributed by atoms with Crippen LogP contribution in [0.15, 0.2) is 24.3 Å². The highest BCUT2D eigenvalue weighted by molar-refractivity contribution is 5.31. The van der Waals surface area contributed by atoms with E-state index in [-0.39, 0.29) is 17.7 Å². The number of nitrogens with two attached hydrogens (primary N) is 1. The summed E-state index contributed by atoms with van der Waals surface area (Å²) in [5, 5.41) is 0. The summed E-state index contributed by atoms with van der Waals surface area (Å²) in [7, 11) is 0. The van der Waals surface area contributed by atoms with E-state index in [1.807, 2.05) is 20.8 Å². The summed E-state index contributed by atoms with van der Waals surface area (Å²) in [6.07, 6.45) is -4.69. The van der Waals surface area contributed by atoms with Crippen molar-refractivity contribution in [3.05, 3.63) is 29.8 Å². The fraction of sp³-hybridized carbons (Fsp3) is 0.538. The molecule has 0 heterocycles. The zero-order valence-electron chi connectivity index (χ0n) is 11.2. The summed E-state index contributed by atoms with van der Waals surface area (Å²) in [4.78, 5) is 0. The molecule has 2 unspecified atom stereocenters. The predicted molar refractivity (Wildman–Crippen MR) is 67.2 cm³/mol. The van der Waals surface area contributed by atoms with Crippen molar-refractivity contribution in [3.8, 4) is 5.75 Å². The van der Waals surface area contributed by atoms with Crippen LogP contribution < -0.4 is 16.0 Å². The van der Waals surface area contributed by atoms with Crippen molar-refractivity contribution < 1.29 is 17.9 Å². The van der Waals surface area contributed by atoms with Crippen LogP contribution in [0.4, 0.5) is 13.2 Å². The maximum atomic E-state index is 12.2. The second kappa shape index (κ2) is 6.25. The Morgan fingerprint density at radius 3 is 2.32 bits per heavy atom. The van der Waals surface area contributed by atoms with Crippen LogP contribution in [0.5, 0.6) is 5.75 Å². The average Bonchev–Trinajstić information content (AvgIpc) is 2.27. The van der Waals surface area contributed by atoms with Crippen molar-refractivity contribution >= 4 is 0 Å². The third-order valence-corrected chi connectivity index (χ3v) is 3.21. The first-order valence-corrected chi connectivity index (χ1v) is 6.06. The van der Waals surface area contributed by atoms with E-state index in [1.165, 1.54) is 18.2 Å². The first kappa shape index (κ1) is 15.8. The molecule has 2 atom stereocenters. The van der Waals surface area contributed by atoms with E-state index in [9.17, 15) is 13.2 Å². The van der Waals surface area contributed by atoms with Crippen molar-refractivity contribution in [2.45, 2.75) is 33.2 Å². The number of nitrogens with one attached hydrogen (secondary N) is 1. The molecular formula is C13H19F3N2O. The quantitative estimate of drug-likeness (QED) is 0.640. The molecule has 0 saturated carbocycles. The minimum atomic E-state index is -4.69. The van der Waals surface area contributed by atoms with Crippen LogP contribution in [0.2, 0.25) is 0 Å². The third-order valence-electron chi connectivity index (χ3n) is 3.21. The Hall–Kier alpha value is -1.27. The Morgan fingerprint density at radius 2 is 1.84 bits per heavy atom. The molecule has 0 aromatic heterocycles. The highest BCUT2D eigenvalue weighted by Crippen LogP contribution is 2.30. The summed E-state index contributed by atoms with van der Waals surface area (Å²) in [5.74, 6) is 5.79. The van der Waals surface area contributed by atoms with E-state index < -0.39 is 6.36 Å². The third kappa shape index (κ3) is 4.72. The largest absolute Gasteiger partial charge is 0.573 e. The first-order chi connectivity index (χ1) is 8.74. The molecule has 108 valence electrons. The van der Waals surface area contributed by atoms with Crippen LogP contribution in [-0.4, -0.2) is 6.36 Å². The molecule has 1 aromatic carbocycles. The minimum Gasteiger partial charge on any atom is -0.406 e. The molecule has 19 heavy (non-hydrogen) atoms. The Bertz CT molecular complexity index is 407. The van der Waals surface area contributed by atoms with E-state index in [1.54, 1.807) is 6.07 Å². The maximum absolute atomic E-state index is 12.2. The number of alkyl halides is 3. The van der Waals surface area contributed by atoms with Gasteiger partial charge in [0.05, 0.1) is 0 Å². The molecule has 0 fully saturated rings. The zero-order chi connectivity index (χ0) is 14.6. The monoisotopic (exact) mass is 276 g/mol. The molecule has 6 heteroatoms. The highest BCUT2D eigenvalue weighted by atomic mass is 19.4. The summed E-state index contributed by atoms with van der Waals surface area (Å²) in [5.41, 5.74) is 3.32. The summed E-state index contributed by atoms with van der Waals surface area (Å²) < 4.78 is 40.4. The summed E-state index contributed by atoms with van der Waals surface area (Å²) in [6.45, 7) is 6.06. The fourth-order valence-corrected chi connectivity index (χ4v) is 1.84. The molecule has 0 aliphatic rings. The van der Waals surface area contributed by atoms with Gasteiger partial charge in [-0.15, -0.1) is 13.2 Å². The van der Waals surface area contributed by atoms with Crippen LogP contribution in [0.3, 0.4) is 0 Å². The van der Waals surface area contributed by atoms with Gasteiger partial charge in [-0.3, -0.25) is 11.3 Å². The Morgan fingerprint density at radius 1 is 1.21 bits per heavy atom. The lowest BCUT2D eigenvalue weighted by molar-refractivity contribution is -0.274. The van der Waals surface area contributed by atoms with Gasteiger partial charge in [-0.1, -0.05) is 32.9 Å². The lowest BCUT2D eigenvalue weighted by atomic mass is 9.86. The van der Waals surface area contributed by atoms with E-state index in [0.717, 1.165) is 0 Å². The SMILES string of the molecule is CC(C)C(C)C(NN)c1cccc(OC(F)(F)F)c1. The van der Waals surface area contributed by atoms with Gasteiger partial charge in [0.2, 0.25) is 0 Å². The number of ether oxygens (including phenoxy) is 1. The molecule has 0 spiro atoms. The van der Waals surface area contributed by atoms with E-state index in [2.05, 4.69) is 10.2 Å². The number of hydrazine groups is 1. The summed E-state index contributed by atoms with van der Waals surface area (Å²) in [6, 6.07) is 5.65. The predicted octanol–water partition coefficient (Wildman–Crippen LogP) is 3.38. The van der Waals surface area contributed by atoms with Gasteiger partial charge < -0.3 is 4.74 Å². The van der Waals surface area contributed by atoms with E-state index >= 15 is 0 Å². The summed E-state index contributed by atoms with van der Waals surface area (Å²) >= 11 is 0. The van der Waals surface area contributed by atoms with Crippen LogP contribution in [0, 0.1) is 11.8 Å². The second-order valence-corrected chi connectivity index (χ2v) is 4.87. The second-order valence-electron chi connectivity index (χ2n) is 4.87. The number of rotatable bonds is 5. The van der Waals surface area contributed by atoms with E-state index in [0.29, 0.717) is 11.5 Å². The van der Waals surface area contributed by atoms with Gasteiger partial charge in [-0.2, -0.15) is 0 Å². The molecule has 3 N–H and O–H groups in total. The molecular weight excluding hydrogens is 257 g/mol. The normalized spacial score (nSPS) is 15.4. The average molecular weight is 276 g/mol. The minimum absolute atomic E-state index is 0.172. The molecule has 0 radical (unpaired) electrons. The topological polar surface area (TPSA) is 47.3 Å². The van der Waals surface area contributed by atoms with Gasteiger partial charge in [0.1, 0.15) is 5.75 Å². The molecule has 0 saturated heterocycles. The first-order valence-electron chi connectivity index (χ1n) is 6.06. The van der Waals surface area contributed by atoms with Crippen molar-refractivity contribution in [1.82, 2.24) is 5.43 Å². The van der Waals surface area contributed by atoms with Gasteiger partial charge in [-0.25, -0.2) is 0 Å². The highest BCUT2D eigenvalue weighted by Gasteiger charge is 2.31. The smallest absolute Gasteiger partial charge is 0.406 e. The lowest BCUT2D eigenvalue weighted by Gasteiger charge is -2.27. The van der Waals surface area contributed by atoms with Gasteiger partial charge in [0, 0.05) is 6.04 Å². The number of halogens is 3. The standard InChI is InChI=1S/C13H19F3N2O/c1-8(2)9(3)12(18-17)10-5-4-6-11(7-10)19-13(14,15)16/h4-9,12,18H,17H2,1-3H3. The van der Waals surface area contributed by atoms with Crippen LogP contribution in [0.25, 0.3) is 0 Å². The van der Waals surface area contributed by atoms with Gasteiger partial charge >= 0.3 is 6.36 Å². The van der Waals surface area contributed by atoms with Crippen LogP contribution >= 0.6 is 0 Å². The Labute approximate surface area is 110 Å².